The van der Waals surface area contributed by atoms with Crippen LogP contribution in [0.15, 0.2) is 34.8 Å². The average molecular weight is 309 g/mol. The van der Waals surface area contributed by atoms with Crippen LogP contribution in [0.25, 0.3) is 10.8 Å². The van der Waals surface area contributed by atoms with Gasteiger partial charge in [-0.15, -0.1) is 0 Å². The second kappa shape index (κ2) is 4.98. The van der Waals surface area contributed by atoms with E-state index in [0.717, 1.165) is 26.6 Å². The smallest absolute Gasteiger partial charge is 0.310 e. The molecule has 1 atom stereocenters. The fourth-order valence-corrected chi connectivity index (χ4v) is 2.63. The van der Waals surface area contributed by atoms with Crippen LogP contribution in [0.2, 0.25) is 0 Å². The number of carboxylic acids is 1. The zero-order chi connectivity index (χ0) is 13.3. The second-order valence-corrected chi connectivity index (χ2v) is 4.88. The summed E-state index contributed by atoms with van der Waals surface area (Å²) in [6.07, 6.45) is 0. The lowest BCUT2D eigenvalue weighted by molar-refractivity contribution is -0.138. The van der Waals surface area contributed by atoms with Crippen molar-refractivity contribution in [3.63, 3.8) is 0 Å². The van der Waals surface area contributed by atoms with Crippen LogP contribution in [0.4, 0.5) is 0 Å². The molecule has 0 radical (unpaired) electrons. The van der Waals surface area contributed by atoms with E-state index in [0.29, 0.717) is 0 Å². The Hall–Kier alpha value is -1.55. The number of methoxy groups -OCH3 is 1. The summed E-state index contributed by atoms with van der Waals surface area (Å²) in [5, 5.41) is 11.0. The van der Waals surface area contributed by atoms with Crippen LogP contribution in [0.1, 0.15) is 18.4 Å². The molecule has 18 heavy (non-hydrogen) atoms. The zero-order valence-electron chi connectivity index (χ0n) is 10.1. The molecule has 0 aliphatic carbocycles. The van der Waals surface area contributed by atoms with Gasteiger partial charge in [0.25, 0.3) is 0 Å². The molecule has 2 aromatic rings. The van der Waals surface area contributed by atoms with Crippen molar-refractivity contribution in [1.82, 2.24) is 0 Å². The van der Waals surface area contributed by atoms with E-state index in [1.807, 2.05) is 30.3 Å². The monoisotopic (exact) mass is 308 g/mol. The van der Waals surface area contributed by atoms with Crippen molar-refractivity contribution in [2.45, 2.75) is 12.8 Å². The summed E-state index contributed by atoms with van der Waals surface area (Å²) in [6.45, 7) is 1.69. The minimum Gasteiger partial charge on any atom is -0.496 e. The van der Waals surface area contributed by atoms with Crippen molar-refractivity contribution < 1.29 is 14.6 Å². The maximum atomic E-state index is 11.1. The van der Waals surface area contributed by atoms with E-state index in [9.17, 15) is 4.79 Å². The lowest BCUT2D eigenvalue weighted by atomic mass is 9.95. The molecule has 0 aliphatic rings. The number of hydrogen-bond acceptors (Lipinski definition) is 2. The fraction of sp³-hybridized carbons (Fsp3) is 0.214. The summed E-state index contributed by atoms with van der Waals surface area (Å²) in [6, 6.07) is 9.39. The molecule has 0 saturated carbocycles. The largest absolute Gasteiger partial charge is 0.496 e. The molecule has 0 heterocycles. The van der Waals surface area contributed by atoms with Gasteiger partial charge >= 0.3 is 5.97 Å². The molecule has 0 saturated heterocycles. The van der Waals surface area contributed by atoms with E-state index in [2.05, 4.69) is 15.9 Å². The van der Waals surface area contributed by atoms with Gasteiger partial charge in [-0.25, -0.2) is 0 Å². The SMILES string of the molecule is COc1ccc2c([C@H](C)C(=O)O)cccc2c1Br. The van der Waals surface area contributed by atoms with Gasteiger partial charge in [0.05, 0.1) is 17.5 Å². The Bertz CT molecular complexity index is 607. The third-order valence-corrected chi connectivity index (χ3v) is 3.87. The molecule has 0 spiro atoms. The molecular formula is C14H13BrO3. The van der Waals surface area contributed by atoms with Crippen molar-refractivity contribution in [2.24, 2.45) is 0 Å². The first-order valence-corrected chi connectivity index (χ1v) is 6.33. The third kappa shape index (κ3) is 2.08. The zero-order valence-corrected chi connectivity index (χ0v) is 11.7. The Morgan fingerprint density at radius 2 is 2.00 bits per heavy atom. The summed E-state index contributed by atoms with van der Waals surface area (Å²) in [5.41, 5.74) is 0.809. The molecule has 0 aliphatic heterocycles. The van der Waals surface area contributed by atoms with E-state index < -0.39 is 11.9 Å². The highest BCUT2D eigenvalue weighted by Crippen LogP contribution is 2.36. The Morgan fingerprint density at radius 3 is 2.61 bits per heavy atom. The van der Waals surface area contributed by atoms with E-state index in [4.69, 9.17) is 9.84 Å². The second-order valence-electron chi connectivity index (χ2n) is 4.08. The Balaban J connectivity index is 2.72. The summed E-state index contributed by atoms with van der Waals surface area (Å²) >= 11 is 3.49. The first-order chi connectivity index (χ1) is 8.56. The van der Waals surface area contributed by atoms with Gasteiger partial charge in [0, 0.05) is 0 Å². The third-order valence-electron chi connectivity index (χ3n) is 3.05. The first kappa shape index (κ1) is 12.9. The fourth-order valence-electron chi connectivity index (χ4n) is 1.99. The van der Waals surface area contributed by atoms with Gasteiger partial charge in [-0.05, 0) is 45.3 Å². The van der Waals surface area contributed by atoms with Crippen molar-refractivity contribution >= 4 is 32.7 Å². The van der Waals surface area contributed by atoms with Gasteiger partial charge in [-0.2, -0.15) is 0 Å². The van der Waals surface area contributed by atoms with Crippen LogP contribution in [-0.2, 0) is 4.79 Å². The molecule has 1 N–H and O–H groups in total. The van der Waals surface area contributed by atoms with Crippen molar-refractivity contribution in [3.8, 4) is 5.75 Å². The highest BCUT2D eigenvalue weighted by Gasteiger charge is 2.17. The van der Waals surface area contributed by atoms with Crippen LogP contribution in [0, 0.1) is 0 Å². The van der Waals surface area contributed by atoms with Crippen molar-refractivity contribution in [1.29, 1.82) is 0 Å². The topological polar surface area (TPSA) is 46.5 Å². The molecule has 2 rings (SSSR count). The number of carbonyl (C=O) groups is 1. The summed E-state index contributed by atoms with van der Waals surface area (Å²) in [4.78, 5) is 11.1. The maximum Gasteiger partial charge on any atom is 0.310 e. The Kier molecular flexibility index (Phi) is 3.57. The van der Waals surface area contributed by atoms with E-state index in [1.165, 1.54) is 0 Å². The van der Waals surface area contributed by atoms with E-state index in [-0.39, 0.29) is 0 Å². The molecule has 2 aromatic carbocycles. The Morgan fingerprint density at radius 1 is 1.28 bits per heavy atom. The normalized spacial score (nSPS) is 12.4. The highest BCUT2D eigenvalue weighted by molar-refractivity contribution is 9.10. The highest BCUT2D eigenvalue weighted by atomic mass is 79.9. The Labute approximate surface area is 114 Å². The molecule has 0 aromatic heterocycles. The predicted octanol–water partition coefficient (Wildman–Crippen LogP) is 3.80. The summed E-state index contributed by atoms with van der Waals surface area (Å²) < 4.78 is 6.09. The number of hydrogen-bond donors (Lipinski definition) is 1. The van der Waals surface area contributed by atoms with Crippen molar-refractivity contribution in [2.75, 3.05) is 7.11 Å². The lowest BCUT2D eigenvalue weighted by Crippen LogP contribution is -2.07. The van der Waals surface area contributed by atoms with Gasteiger partial charge in [0.1, 0.15) is 5.75 Å². The van der Waals surface area contributed by atoms with Crippen LogP contribution in [0.5, 0.6) is 5.75 Å². The van der Waals surface area contributed by atoms with Crippen LogP contribution in [0.3, 0.4) is 0 Å². The summed E-state index contributed by atoms with van der Waals surface area (Å²) in [5.74, 6) is -0.619. The number of carboxylic acid groups (broad SMARTS) is 1. The molecule has 4 heteroatoms. The molecular weight excluding hydrogens is 296 g/mol. The first-order valence-electron chi connectivity index (χ1n) is 5.54. The number of fused-ring (bicyclic) bond motifs is 1. The van der Waals surface area contributed by atoms with Gasteiger partial charge < -0.3 is 9.84 Å². The lowest BCUT2D eigenvalue weighted by Gasteiger charge is -2.13. The minimum absolute atomic E-state index is 0.533. The molecule has 94 valence electrons. The van der Waals surface area contributed by atoms with Crippen LogP contribution in [-0.4, -0.2) is 18.2 Å². The predicted molar refractivity (Wildman–Crippen MR) is 74.3 cm³/mol. The number of rotatable bonds is 3. The van der Waals surface area contributed by atoms with Crippen molar-refractivity contribution in [3.05, 3.63) is 40.4 Å². The number of halogens is 1. The quantitative estimate of drug-likeness (QED) is 0.938. The van der Waals surface area contributed by atoms with Gasteiger partial charge in [-0.1, -0.05) is 24.3 Å². The molecule has 0 bridgehead atoms. The van der Waals surface area contributed by atoms with Gasteiger partial charge in [0.15, 0.2) is 0 Å². The van der Waals surface area contributed by atoms with E-state index in [1.54, 1.807) is 14.0 Å². The number of ether oxygens (including phenoxy) is 1. The molecule has 0 amide bonds. The van der Waals surface area contributed by atoms with Gasteiger partial charge in [0.2, 0.25) is 0 Å². The molecule has 0 unspecified atom stereocenters. The molecule has 0 fully saturated rings. The summed E-state index contributed by atoms with van der Waals surface area (Å²) in [7, 11) is 1.61. The van der Waals surface area contributed by atoms with Crippen LogP contribution < -0.4 is 4.74 Å². The standard InChI is InChI=1S/C14H13BrO3/c1-8(14(16)17)9-4-3-5-11-10(9)6-7-12(18-2)13(11)15/h3-8H,1-2H3,(H,16,17)/t8-/m0/s1. The number of benzene rings is 2. The maximum absolute atomic E-state index is 11.1. The average Bonchev–Trinajstić information content (AvgIpc) is 2.38. The molecule has 3 nitrogen and oxygen atoms in total. The van der Waals surface area contributed by atoms with E-state index >= 15 is 0 Å². The number of aliphatic carboxylic acids is 1. The minimum atomic E-state index is -0.825. The van der Waals surface area contributed by atoms with Crippen LogP contribution >= 0.6 is 15.9 Å². The van der Waals surface area contributed by atoms with Gasteiger partial charge in [-0.3, -0.25) is 4.79 Å².